The molecule has 4 nitrogen and oxygen atoms in total. The molecular weight excluding hydrogens is 398 g/mol. The van der Waals surface area contributed by atoms with Gasteiger partial charge in [-0.15, -0.1) is 6.58 Å². The lowest BCUT2D eigenvalue weighted by Crippen LogP contribution is -2.48. The molecule has 0 aromatic heterocycles. The van der Waals surface area contributed by atoms with Gasteiger partial charge in [0.2, 0.25) is 8.32 Å². The van der Waals surface area contributed by atoms with Gasteiger partial charge in [-0.05, 0) is 62.3 Å². The van der Waals surface area contributed by atoms with Crippen LogP contribution in [0, 0.1) is 6.92 Å². The summed E-state index contributed by atoms with van der Waals surface area (Å²) in [6.45, 7) is 15.3. The minimum absolute atomic E-state index is 0.313. The van der Waals surface area contributed by atoms with Gasteiger partial charge in [0, 0.05) is 0 Å². The zero-order valence-corrected chi connectivity index (χ0v) is 19.6. The molecule has 2 atom stereocenters. The summed E-state index contributed by atoms with van der Waals surface area (Å²) in [5.74, 6) is 0. The minimum Gasteiger partial charge on any atom is -0.407 e. The van der Waals surface area contributed by atoms with Crippen molar-refractivity contribution in [1.82, 2.24) is 0 Å². The van der Waals surface area contributed by atoms with Crippen molar-refractivity contribution >= 4 is 24.0 Å². The van der Waals surface area contributed by atoms with E-state index in [0.717, 1.165) is 28.1 Å². The summed E-state index contributed by atoms with van der Waals surface area (Å²) in [5.41, 5.74) is 1.70. The van der Waals surface area contributed by atoms with Gasteiger partial charge in [0.1, 0.15) is 0 Å². The smallest absolute Gasteiger partial charge is 0.264 e. The van der Waals surface area contributed by atoms with Crippen LogP contribution in [0.5, 0.6) is 0 Å². The number of para-hydroxylation sites is 1. The normalized spacial score (nSPS) is 28.2. The van der Waals surface area contributed by atoms with Crippen molar-refractivity contribution in [1.29, 1.82) is 0 Å². The number of rotatable bonds is 3. The number of anilines is 1. The fraction of sp³-hybridized carbons (Fsp3) is 0.391. The highest BCUT2D eigenvalue weighted by molar-refractivity contribution is 7.92. The van der Waals surface area contributed by atoms with Crippen LogP contribution in [0.4, 0.5) is 5.69 Å². The third kappa shape index (κ3) is 2.62. The Hall–Kier alpha value is -1.89. The molecule has 29 heavy (non-hydrogen) atoms. The predicted octanol–water partition coefficient (Wildman–Crippen LogP) is 4.94. The Bertz CT molecular complexity index is 1090. The van der Waals surface area contributed by atoms with Crippen molar-refractivity contribution in [2.75, 3.05) is 10.8 Å². The van der Waals surface area contributed by atoms with Crippen molar-refractivity contribution in [2.24, 2.45) is 0 Å². The van der Waals surface area contributed by atoms with E-state index in [1.807, 2.05) is 43.3 Å². The molecular formula is C23H29NO3SSi. The highest BCUT2D eigenvalue weighted by atomic mass is 32.2. The highest BCUT2D eigenvalue weighted by Gasteiger charge is 2.66. The maximum Gasteiger partial charge on any atom is 0.264 e. The third-order valence-corrected chi connectivity index (χ3v) is 12.7. The van der Waals surface area contributed by atoms with E-state index in [-0.39, 0.29) is 0 Å². The van der Waals surface area contributed by atoms with Gasteiger partial charge >= 0.3 is 0 Å². The van der Waals surface area contributed by atoms with Crippen LogP contribution in [0.3, 0.4) is 0 Å². The molecule has 0 amide bonds. The van der Waals surface area contributed by atoms with Crippen molar-refractivity contribution in [3.05, 3.63) is 71.4 Å². The van der Waals surface area contributed by atoms with E-state index in [1.165, 1.54) is 0 Å². The number of aryl methyl sites for hydroxylation is 1. The SMILES string of the molecule is C=C1C2(CN(S(=O)(=O)c3ccc(C)cc3)c3ccccc32)C(C)(C)O[Si]1(C)CC. The summed E-state index contributed by atoms with van der Waals surface area (Å²) in [5, 5.41) is 1.09. The molecule has 2 aliphatic heterocycles. The van der Waals surface area contributed by atoms with E-state index >= 15 is 0 Å². The first-order chi connectivity index (χ1) is 13.5. The van der Waals surface area contributed by atoms with Gasteiger partial charge in [0.25, 0.3) is 10.0 Å². The lowest BCUT2D eigenvalue weighted by molar-refractivity contribution is 0.0695. The van der Waals surface area contributed by atoms with Crippen LogP contribution in [-0.4, -0.2) is 28.9 Å². The Balaban J connectivity index is 1.92. The average Bonchev–Trinajstić information content (AvgIpc) is 3.11. The Kier molecular flexibility index (Phi) is 4.43. The summed E-state index contributed by atoms with van der Waals surface area (Å²) in [7, 11) is -5.89. The maximum absolute atomic E-state index is 13.7. The van der Waals surface area contributed by atoms with Crippen LogP contribution < -0.4 is 4.31 Å². The molecule has 0 saturated carbocycles. The summed E-state index contributed by atoms with van der Waals surface area (Å²) in [6.07, 6.45) is 0. The van der Waals surface area contributed by atoms with Gasteiger partial charge in [-0.2, -0.15) is 0 Å². The Labute approximate surface area is 175 Å². The average molecular weight is 428 g/mol. The number of hydrogen-bond donors (Lipinski definition) is 0. The topological polar surface area (TPSA) is 46.6 Å². The number of hydrogen-bond acceptors (Lipinski definition) is 3. The maximum atomic E-state index is 13.7. The summed E-state index contributed by atoms with van der Waals surface area (Å²) < 4.78 is 35.6. The van der Waals surface area contributed by atoms with Crippen molar-refractivity contribution in [3.8, 4) is 0 Å². The summed E-state index contributed by atoms with van der Waals surface area (Å²) >= 11 is 0. The minimum atomic E-state index is -3.70. The summed E-state index contributed by atoms with van der Waals surface area (Å²) in [4.78, 5) is 0.313. The van der Waals surface area contributed by atoms with E-state index in [1.54, 1.807) is 16.4 Å². The Morgan fingerprint density at radius 2 is 1.76 bits per heavy atom. The number of fused-ring (bicyclic) bond motifs is 2. The summed E-state index contributed by atoms with van der Waals surface area (Å²) in [6, 6.07) is 15.8. The van der Waals surface area contributed by atoms with E-state index in [0.29, 0.717) is 11.4 Å². The fourth-order valence-corrected chi connectivity index (χ4v) is 10.0. The van der Waals surface area contributed by atoms with Crippen molar-refractivity contribution in [3.63, 3.8) is 0 Å². The molecule has 0 radical (unpaired) electrons. The Morgan fingerprint density at radius 1 is 1.14 bits per heavy atom. The van der Waals surface area contributed by atoms with Gasteiger partial charge in [0.05, 0.1) is 28.1 Å². The molecule has 2 aromatic rings. The molecule has 0 bridgehead atoms. The number of nitrogens with zero attached hydrogens (tertiary/aromatic N) is 1. The molecule has 4 rings (SSSR count). The molecule has 0 N–H and O–H groups in total. The number of sulfonamides is 1. The molecule has 2 aliphatic rings. The molecule has 2 aromatic carbocycles. The first-order valence-corrected chi connectivity index (χ1v) is 14.1. The molecule has 1 saturated heterocycles. The van der Waals surface area contributed by atoms with Gasteiger partial charge in [-0.3, -0.25) is 4.31 Å². The lowest BCUT2D eigenvalue weighted by atomic mass is 9.70. The lowest BCUT2D eigenvalue weighted by Gasteiger charge is -2.38. The zero-order valence-electron chi connectivity index (χ0n) is 17.8. The van der Waals surface area contributed by atoms with Crippen LogP contribution in [0.25, 0.3) is 0 Å². The Morgan fingerprint density at radius 3 is 2.34 bits per heavy atom. The van der Waals surface area contributed by atoms with Crippen LogP contribution >= 0.6 is 0 Å². The third-order valence-electron chi connectivity index (χ3n) is 6.96. The fourth-order valence-electron chi connectivity index (χ4n) is 5.07. The van der Waals surface area contributed by atoms with Gasteiger partial charge in [0.15, 0.2) is 0 Å². The molecule has 154 valence electrons. The number of benzene rings is 2. The van der Waals surface area contributed by atoms with Crippen LogP contribution in [0.15, 0.2) is 65.2 Å². The van der Waals surface area contributed by atoms with E-state index in [9.17, 15) is 8.42 Å². The van der Waals surface area contributed by atoms with Crippen LogP contribution in [-0.2, 0) is 19.9 Å². The van der Waals surface area contributed by atoms with E-state index in [2.05, 4.69) is 33.9 Å². The highest BCUT2D eigenvalue weighted by Crippen LogP contribution is 2.60. The van der Waals surface area contributed by atoms with E-state index < -0.39 is 29.4 Å². The largest absolute Gasteiger partial charge is 0.407 e. The second kappa shape index (κ2) is 6.30. The molecule has 2 heterocycles. The first kappa shape index (κ1) is 20.4. The quantitative estimate of drug-likeness (QED) is 0.652. The first-order valence-electron chi connectivity index (χ1n) is 10.1. The van der Waals surface area contributed by atoms with Crippen LogP contribution in [0.2, 0.25) is 12.6 Å². The van der Waals surface area contributed by atoms with Crippen LogP contribution in [0.1, 0.15) is 31.9 Å². The molecule has 2 unspecified atom stereocenters. The zero-order chi connectivity index (χ0) is 21.2. The van der Waals surface area contributed by atoms with Crippen molar-refractivity contribution in [2.45, 2.75) is 56.2 Å². The van der Waals surface area contributed by atoms with Gasteiger partial charge < -0.3 is 4.43 Å². The molecule has 6 heteroatoms. The second-order valence-corrected chi connectivity index (χ2v) is 14.8. The molecule has 1 spiro atoms. The molecule has 0 aliphatic carbocycles. The van der Waals surface area contributed by atoms with E-state index in [4.69, 9.17) is 4.43 Å². The standard InChI is InChI=1S/C23H29NO3SSi/c1-7-29(6)18(3)23(22(4,5)27-29)16-24(21-11-9-8-10-20(21)23)28(25,26)19-14-12-17(2)13-15-19/h8-15H,3,7,16H2,1-2,4-6H3. The molecule has 1 fully saturated rings. The van der Waals surface area contributed by atoms with Crippen molar-refractivity contribution < 1.29 is 12.8 Å². The van der Waals surface area contributed by atoms with Gasteiger partial charge in [-0.1, -0.05) is 42.8 Å². The predicted molar refractivity (Wildman–Crippen MR) is 120 cm³/mol. The van der Waals surface area contributed by atoms with Gasteiger partial charge in [-0.25, -0.2) is 8.42 Å². The second-order valence-electron chi connectivity index (χ2n) is 8.92. The monoisotopic (exact) mass is 427 g/mol.